The monoisotopic (exact) mass is 232 g/mol. The van der Waals surface area contributed by atoms with Gasteiger partial charge in [-0.05, 0) is 55.1 Å². The van der Waals surface area contributed by atoms with Crippen molar-refractivity contribution in [1.29, 1.82) is 0 Å². The molecule has 0 radical (unpaired) electrons. The second kappa shape index (κ2) is 5.25. The third-order valence-corrected chi connectivity index (χ3v) is 3.95. The van der Waals surface area contributed by atoms with Crippen molar-refractivity contribution in [1.82, 2.24) is 0 Å². The number of hydrogen-bond donors (Lipinski definition) is 0. The van der Waals surface area contributed by atoms with Gasteiger partial charge in [-0.1, -0.05) is 52.0 Å². The highest BCUT2D eigenvalue weighted by molar-refractivity contribution is 5.38. The molecule has 96 valence electrons. The van der Waals surface area contributed by atoms with Crippen molar-refractivity contribution in [2.45, 2.75) is 54.4 Å². The van der Waals surface area contributed by atoms with Crippen LogP contribution in [0.15, 0.2) is 35.5 Å². The fraction of sp³-hybridized carbons (Fsp3) is 0.647. The molecule has 1 aliphatic rings. The minimum absolute atomic E-state index is 0.542. The molecule has 17 heavy (non-hydrogen) atoms. The van der Waals surface area contributed by atoms with E-state index in [-0.39, 0.29) is 0 Å². The Morgan fingerprint density at radius 2 is 1.82 bits per heavy atom. The lowest BCUT2D eigenvalue weighted by Gasteiger charge is -2.44. The summed E-state index contributed by atoms with van der Waals surface area (Å²) >= 11 is 0. The van der Waals surface area contributed by atoms with Gasteiger partial charge in [-0.3, -0.25) is 0 Å². The number of rotatable bonds is 4. The maximum Gasteiger partial charge on any atom is -0.0152 e. The molecule has 0 atom stereocenters. The van der Waals surface area contributed by atoms with Crippen LogP contribution in [0.4, 0.5) is 0 Å². The van der Waals surface area contributed by atoms with Gasteiger partial charge < -0.3 is 0 Å². The number of allylic oxidation sites excluding steroid dienone is 5. The molecule has 0 unspecified atom stereocenters. The largest absolute Gasteiger partial charge is 0.0956 e. The van der Waals surface area contributed by atoms with Gasteiger partial charge in [0.2, 0.25) is 0 Å². The molecule has 0 aliphatic heterocycles. The van der Waals surface area contributed by atoms with E-state index in [0.29, 0.717) is 11.3 Å². The third-order valence-electron chi connectivity index (χ3n) is 3.95. The Balaban J connectivity index is 2.74. The van der Waals surface area contributed by atoms with Crippen LogP contribution < -0.4 is 0 Å². The van der Waals surface area contributed by atoms with Crippen LogP contribution in [-0.4, -0.2) is 0 Å². The molecule has 0 amide bonds. The summed E-state index contributed by atoms with van der Waals surface area (Å²) in [6.07, 6.45) is 7.21. The van der Waals surface area contributed by atoms with Crippen LogP contribution in [0.3, 0.4) is 0 Å². The first kappa shape index (κ1) is 14.3. The summed E-state index contributed by atoms with van der Waals surface area (Å²) in [5.41, 5.74) is 4.73. The zero-order chi connectivity index (χ0) is 13.2. The summed E-state index contributed by atoms with van der Waals surface area (Å²) in [5, 5.41) is 0. The van der Waals surface area contributed by atoms with E-state index in [1.165, 1.54) is 29.6 Å². The van der Waals surface area contributed by atoms with Crippen molar-refractivity contribution in [3.8, 4) is 0 Å². The van der Waals surface area contributed by atoms with E-state index in [0.717, 1.165) is 5.92 Å². The Labute approximate surface area is 108 Å². The summed E-state index contributed by atoms with van der Waals surface area (Å²) < 4.78 is 0. The highest BCUT2D eigenvalue weighted by Crippen LogP contribution is 2.49. The van der Waals surface area contributed by atoms with E-state index < -0.39 is 0 Å². The summed E-state index contributed by atoms with van der Waals surface area (Å²) in [6, 6.07) is 0. The molecule has 0 N–H and O–H groups in total. The zero-order valence-corrected chi connectivity index (χ0v) is 12.4. The predicted molar refractivity (Wildman–Crippen MR) is 78.0 cm³/mol. The molecule has 0 heterocycles. The van der Waals surface area contributed by atoms with E-state index in [1.54, 1.807) is 0 Å². The van der Waals surface area contributed by atoms with Crippen molar-refractivity contribution in [2.24, 2.45) is 17.3 Å². The van der Waals surface area contributed by atoms with E-state index >= 15 is 0 Å². The van der Waals surface area contributed by atoms with Gasteiger partial charge in [0.05, 0.1) is 0 Å². The molecule has 0 saturated heterocycles. The summed E-state index contributed by atoms with van der Waals surface area (Å²) in [5.74, 6) is 1.31. The molecular formula is C17H28. The highest BCUT2D eigenvalue weighted by atomic mass is 14.4. The van der Waals surface area contributed by atoms with Crippen LogP contribution in [-0.2, 0) is 0 Å². The second-order valence-electron chi connectivity index (χ2n) is 6.57. The first-order valence-electron chi connectivity index (χ1n) is 6.80. The lowest BCUT2D eigenvalue weighted by molar-refractivity contribution is 0.124. The fourth-order valence-electron chi connectivity index (χ4n) is 2.81. The van der Waals surface area contributed by atoms with Gasteiger partial charge in [0, 0.05) is 0 Å². The first-order chi connectivity index (χ1) is 7.76. The van der Waals surface area contributed by atoms with Gasteiger partial charge in [0.1, 0.15) is 0 Å². The molecule has 1 fully saturated rings. The molecule has 1 rings (SSSR count). The molecule has 0 spiro atoms. The predicted octanol–water partition coefficient (Wildman–Crippen LogP) is 5.53. The van der Waals surface area contributed by atoms with Gasteiger partial charge in [-0.15, -0.1) is 0 Å². The Bertz CT molecular complexity index is 342. The van der Waals surface area contributed by atoms with Crippen molar-refractivity contribution < 1.29 is 0 Å². The van der Waals surface area contributed by atoms with Gasteiger partial charge in [0.25, 0.3) is 0 Å². The lowest BCUT2D eigenvalue weighted by atomic mass is 9.61. The number of hydrogen-bond acceptors (Lipinski definition) is 0. The second-order valence-corrected chi connectivity index (χ2v) is 6.57. The Hall–Kier alpha value is -0.780. The van der Waals surface area contributed by atoms with Crippen LogP contribution in [0.5, 0.6) is 0 Å². The maximum atomic E-state index is 4.14. The lowest BCUT2D eigenvalue weighted by Crippen LogP contribution is -2.33. The van der Waals surface area contributed by atoms with Crippen LogP contribution in [0.1, 0.15) is 54.4 Å². The standard InChI is InChI=1S/C17H28/c1-8-16(15-10-17(6,7)11-15)14(5)9-13(4)12(2)3/h8-9,12,15H,4,10-11H2,1-3,5-7H3/b14-9-,16-8+. The molecule has 0 aromatic heterocycles. The van der Waals surface area contributed by atoms with Gasteiger partial charge in [-0.25, -0.2) is 0 Å². The molecule has 0 heteroatoms. The van der Waals surface area contributed by atoms with E-state index in [1.807, 2.05) is 0 Å². The summed E-state index contributed by atoms with van der Waals surface area (Å²) in [6.45, 7) is 17.7. The topological polar surface area (TPSA) is 0 Å². The molecule has 1 aliphatic carbocycles. The van der Waals surface area contributed by atoms with Gasteiger partial charge in [0.15, 0.2) is 0 Å². The SMILES string of the molecule is C=C(/C=C(C)\C(=C/C)C1CC(C)(C)C1)C(C)C. The molecule has 0 bridgehead atoms. The van der Waals surface area contributed by atoms with E-state index in [4.69, 9.17) is 0 Å². The minimum atomic E-state index is 0.542. The molecule has 1 saturated carbocycles. The van der Waals surface area contributed by atoms with Crippen molar-refractivity contribution in [3.05, 3.63) is 35.5 Å². The molecule has 0 aromatic rings. The van der Waals surface area contributed by atoms with Crippen LogP contribution in [0.2, 0.25) is 0 Å². The highest BCUT2D eigenvalue weighted by Gasteiger charge is 2.37. The summed E-state index contributed by atoms with van der Waals surface area (Å²) in [7, 11) is 0. The average molecular weight is 232 g/mol. The van der Waals surface area contributed by atoms with Crippen molar-refractivity contribution in [3.63, 3.8) is 0 Å². The van der Waals surface area contributed by atoms with Crippen LogP contribution in [0, 0.1) is 17.3 Å². The van der Waals surface area contributed by atoms with Gasteiger partial charge >= 0.3 is 0 Å². The zero-order valence-electron chi connectivity index (χ0n) is 12.4. The third kappa shape index (κ3) is 3.59. The van der Waals surface area contributed by atoms with Gasteiger partial charge in [-0.2, -0.15) is 0 Å². The van der Waals surface area contributed by atoms with E-state index in [2.05, 4.69) is 60.3 Å². The molecule has 0 aromatic carbocycles. The van der Waals surface area contributed by atoms with Crippen molar-refractivity contribution >= 4 is 0 Å². The maximum absolute atomic E-state index is 4.14. The smallest absolute Gasteiger partial charge is 0.0152 e. The van der Waals surface area contributed by atoms with Crippen LogP contribution in [0.25, 0.3) is 0 Å². The Morgan fingerprint density at radius 3 is 2.18 bits per heavy atom. The molecule has 0 nitrogen and oxygen atoms in total. The quantitative estimate of drug-likeness (QED) is 0.559. The molecular weight excluding hydrogens is 204 g/mol. The fourth-order valence-corrected chi connectivity index (χ4v) is 2.81. The minimum Gasteiger partial charge on any atom is -0.0956 e. The Kier molecular flexibility index (Phi) is 4.41. The van der Waals surface area contributed by atoms with Crippen LogP contribution >= 0.6 is 0 Å². The van der Waals surface area contributed by atoms with Crippen molar-refractivity contribution in [2.75, 3.05) is 0 Å². The average Bonchev–Trinajstić information content (AvgIpc) is 2.15. The Morgan fingerprint density at radius 1 is 1.29 bits per heavy atom. The normalized spacial score (nSPS) is 21.6. The first-order valence-corrected chi connectivity index (χ1v) is 6.80. The van der Waals surface area contributed by atoms with E-state index in [9.17, 15) is 0 Å². The summed E-state index contributed by atoms with van der Waals surface area (Å²) in [4.78, 5) is 0.